The zero-order valence-electron chi connectivity index (χ0n) is 16.7. The minimum Gasteiger partial charge on any atom is -0.410 e. The summed E-state index contributed by atoms with van der Waals surface area (Å²) in [5, 5.41) is 0. The lowest BCUT2D eigenvalue weighted by molar-refractivity contribution is -0.127. The number of fused-ring (bicyclic) bond motifs is 1. The van der Waals surface area contributed by atoms with Crippen LogP contribution in [0.1, 0.15) is 30.5 Å². The average molecular weight is 387 g/mol. The summed E-state index contributed by atoms with van der Waals surface area (Å²) in [7, 11) is 3.38. The number of amides is 2. The molecule has 6 nitrogen and oxygen atoms in total. The summed E-state index contributed by atoms with van der Waals surface area (Å²) in [5.41, 5.74) is 7.52. The van der Waals surface area contributed by atoms with Gasteiger partial charge in [0.2, 0.25) is 5.91 Å². The highest BCUT2D eigenvalue weighted by Gasteiger charge is 2.26. The number of rotatable bonds is 4. The van der Waals surface area contributed by atoms with Gasteiger partial charge in [-0.15, -0.1) is 0 Å². The van der Waals surface area contributed by atoms with Crippen molar-refractivity contribution in [2.24, 2.45) is 0 Å². The lowest BCUT2D eigenvalue weighted by Gasteiger charge is -2.28. The van der Waals surface area contributed by atoms with E-state index in [1.54, 1.807) is 32.3 Å². The van der Waals surface area contributed by atoms with E-state index in [1.165, 1.54) is 15.9 Å². The molecule has 0 saturated carbocycles. The van der Waals surface area contributed by atoms with E-state index in [-0.39, 0.29) is 24.6 Å². The van der Waals surface area contributed by atoms with E-state index in [1.807, 2.05) is 26.0 Å². The van der Waals surface area contributed by atoms with E-state index in [9.17, 15) is 14.0 Å². The Balaban J connectivity index is 0.00000136. The van der Waals surface area contributed by atoms with Gasteiger partial charge in [-0.25, -0.2) is 9.18 Å². The Hall–Kier alpha value is -3.09. The third kappa shape index (κ3) is 4.79. The second kappa shape index (κ2) is 9.21. The maximum Gasteiger partial charge on any atom is 0.415 e. The number of nitrogens with zero attached hydrogens (tertiary/aromatic N) is 2. The molecule has 150 valence electrons. The molecule has 1 aliphatic rings. The Bertz CT molecular complexity index is 868. The van der Waals surface area contributed by atoms with Crippen molar-refractivity contribution in [1.29, 1.82) is 0 Å². The van der Waals surface area contributed by atoms with Crippen LogP contribution in [0.4, 0.5) is 14.9 Å². The van der Waals surface area contributed by atoms with Crippen LogP contribution in [0, 0.1) is 5.82 Å². The molecule has 1 aliphatic heterocycles. The van der Waals surface area contributed by atoms with Crippen LogP contribution < -0.4 is 10.5 Å². The number of nitrogens with two attached hydrogens (primary N) is 1. The van der Waals surface area contributed by atoms with Gasteiger partial charge >= 0.3 is 6.09 Å². The van der Waals surface area contributed by atoms with E-state index < -0.39 is 11.9 Å². The fraction of sp³-hybridized carbons (Fsp3) is 0.333. The largest absolute Gasteiger partial charge is 0.415 e. The van der Waals surface area contributed by atoms with Crippen LogP contribution in [0.3, 0.4) is 0 Å². The monoisotopic (exact) mass is 387 g/mol. The summed E-state index contributed by atoms with van der Waals surface area (Å²) in [6.07, 6.45) is -0.328. The zero-order chi connectivity index (χ0) is 20.8. The predicted molar refractivity (Wildman–Crippen MR) is 106 cm³/mol. The van der Waals surface area contributed by atoms with Gasteiger partial charge in [-0.3, -0.25) is 9.69 Å². The Labute approximate surface area is 164 Å². The lowest BCUT2D eigenvalue weighted by atomic mass is 10.1. The summed E-state index contributed by atoms with van der Waals surface area (Å²) < 4.78 is 19.5. The van der Waals surface area contributed by atoms with Crippen LogP contribution >= 0.6 is 0 Å². The number of carbonyl (C=O) groups excluding carboxylic acids is 2. The van der Waals surface area contributed by atoms with Crippen molar-refractivity contribution in [1.82, 2.24) is 9.80 Å². The van der Waals surface area contributed by atoms with Gasteiger partial charge in [0, 0.05) is 25.2 Å². The molecule has 3 rings (SSSR count). The first-order chi connectivity index (χ1) is 13.3. The molecular formula is C21H26FN3O3. The summed E-state index contributed by atoms with van der Waals surface area (Å²) in [6.45, 7) is 4.36. The first-order valence-electron chi connectivity index (χ1n) is 9.16. The number of halogens is 1. The lowest BCUT2D eigenvalue weighted by Crippen LogP contribution is -2.36. The minimum absolute atomic E-state index is 0.0362. The van der Waals surface area contributed by atoms with Crippen molar-refractivity contribution in [3.05, 3.63) is 58.9 Å². The fourth-order valence-corrected chi connectivity index (χ4v) is 2.74. The molecule has 0 bridgehead atoms. The molecular weight excluding hydrogens is 361 g/mol. The average Bonchev–Trinajstić information content (AvgIpc) is 2.67. The normalized spacial score (nSPS) is 12.5. The van der Waals surface area contributed by atoms with Crippen LogP contribution in [-0.4, -0.2) is 35.9 Å². The maximum atomic E-state index is 14.1. The number of carbonyl (C=O) groups is 2. The van der Waals surface area contributed by atoms with Crippen LogP contribution in [-0.2, 0) is 24.3 Å². The number of benzene rings is 2. The molecule has 0 fully saturated rings. The van der Waals surface area contributed by atoms with Gasteiger partial charge in [-0.1, -0.05) is 38.1 Å². The minimum atomic E-state index is -0.560. The zero-order valence-corrected chi connectivity index (χ0v) is 16.7. The number of likely N-dealkylation sites (N-methyl/N-ethyl adjacent to an activating group) is 1. The quantitative estimate of drug-likeness (QED) is 0.814. The number of hydrogen-bond donors (Lipinski definition) is 1. The van der Waals surface area contributed by atoms with E-state index in [0.29, 0.717) is 17.9 Å². The molecule has 0 aromatic heterocycles. The second-order valence-electron chi connectivity index (χ2n) is 6.45. The van der Waals surface area contributed by atoms with Crippen molar-refractivity contribution in [2.45, 2.75) is 33.4 Å². The SMILES string of the molecule is CC.CN(C)C(=O)Cc1ccc2c(c1)OC(=O)N(Cc1cccc(N)c1F)C2. The Morgan fingerprint density at radius 1 is 1.25 bits per heavy atom. The molecule has 2 aromatic carbocycles. The number of ether oxygens (including phenoxy) is 1. The first-order valence-corrected chi connectivity index (χ1v) is 9.16. The molecule has 2 N–H and O–H groups in total. The van der Waals surface area contributed by atoms with Gasteiger partial charge in [-0.2, -0.15) is 0 Å². The Kier molecular flexibility index (Phi) is 6.98. The molecule has 28 heavy (non-hydrogen) atoms. The van der Waals surface area contributed by atoms with E-state index >= 15 is 0 Å². The summed E-state index contributed by atoms with van der Waals surface area (Å²) in [5.74, 6) is -0.127. The smallest absolute Gasteiger partial charge is 0.410 e. The summed E-state index contributed by atoms with van der Waals surface area (Å²) in [4.78, 5) is 27.0. The maximum absolute atomic E-state index is 14.1. The van der Waals surface area contributed by atoms with Crippen molar-refractivity contribution in [3.8, 4) is 5.75 Å². The van der Waals surface area contributed by atoms with Crippen LogP contribution in [0.5, 0.6) is 5.75 Å². The van der Waals surface area contributed by atoms with Crippen LogP contribution in [0.2, 0.25) is 0 Å². The Morgan fingerprint density at radius 2 is 1.96 bits per heavy atom. The third-order valence-corrected chi connectivity index (χ3v) is 4.27. The van der Waals surface area contributed by atoms with Crippen LogP contribution in [0.25, 0.3) is 0 Å². The molecule has 0 spiro atoms. The molecule has 0 saturated heterocycles. The van der Waals surface area contributed by atoms with Crippen molar-refractivity contribution >= 4 is 17.7 Å². The van der Waals surface area contributed by atoms with Gasteiger partial charge in [0.05, 0.1) is 25.2 Å². The fourth-order valence-electron chi connectivity index (χ4n) is 2.74. The number of anilines is 1. The number of hydrogen-bond acceptors (Lipinski definition) is 4. The van der Waals surface area contributed by atoms with Gasteiger partial charge < -0.3 is 15.4 Å². The second-order valence-corrected chi connectivity index (χ2v) is 6.45. The van der Waals surface area contributed by atoms with Gasteiger partial charge in [0.1, 0.15) is 5.75 Å². The molecule has 7 heteroatoms. The summed E-state index contributed by atoms with van der Waals surface area (Å²) in [6, 6.07) is 10.1. The molecule has 1 heterocycles. The van der Waals surface area contributed by atoms with Crippen molar-refractivity contribution in [2.75, 3.05) is 19.8 Å². The van der Waals surface area contributed by atoms with E-state index in [0.717, 1.165) is 11.1 Å². The molecule has 2 aromatic rings. The predicted octanol–water partition coefficient (Wildman–Crippen LogP) is 3.58. The van der Waals surface area contributed by atoms with E-state index in [4.69, 9.17) is 10.5 Å². The Morgan fingerprint density at radius 3 is 2.64 bits per heavy atom. The highest BCUT2D eigenvalue weighted by atomic mass is 19.1. The van der Waals surface area contributed by atoms with Crippen molar-refractivity contribution < 1.29 is 18.7 Å². The number of nitrogen functional groups attached to an aromatic ring is 1. The standard InChI is InChI=1S/C19H20FN3O3.C2H6/c1-22(2)17(24)9-12-6-7-13-10-23(19(25)26-16(13)8-12)11-14-4-3-5-15(21)18(14)20;1-2/h3-8H,9-11,21H2,1-2H3;1-2H3. The van der Waals surface area contributed by atoms with Gasteiger partial charge in [-0.05, 0) is 17.7 Å². The highest BCUT2D eigenvalue weighted by Crippen LogP contribution is 2.29. The van der Waals surface area contributed by atoms with E-state index in [2.05, 4.69) is 0 Å². The topological polar surface area (TPSA) is 75.9 Å². The third-order valence-electron chi connectivity index (χ3n) is 4.27. The van der Waals surface area contributed by atoms with Crippen molar-refractivity contribution in [3.63, 3.8) is 0 Å². The van der Waals surface area contributed by atoms with Gasteiger partial charge in [0.15, 0.2) is 5.82 Å². The van der Waals surface area contributed by atoms with Gasteiger partial charge in [0.25, 0.3) is 0 Å². The molecule has 0 radical (unpaired) electrons. The first kappa shape index (κ1) is 21.2. The van der Waals surface area contributed by atoms with Crippen LogP contribution in [0.15, 0.2) is 36.4 Å². The highest BCUT2D eigenvalue weighted by molar-refractivity contribution is 5.79. The molecule has 2 amide bonds. The molecule has 0 aliphatic carbocycles. The molecule has 0 unspecified atom stereocenters. The molecule has 0 atom stereocenters. The summed E-state index contributed by atoms with van der Waals surface area (Å²) >= 11 is 0.